The molecule has 250 valence electrons. The summed E-state index contributed by atoms with van der Waals surface area (Å²) in [6.07, 6.45) is -2.50. The Morgan fingerprint density at radius 2 is 1.63 bits per heavy atom. The Morgan fingerprint density at radius 1 is 1.04 bits per heavy atom. The van der Waals surface area contributed by atoms with Gasteiger partial charge in [-0.15, -0.1) is 0 Å². The number of rotatable bonds is 7. The SMILES string of the molecule is CC(=O)Nc1ccc(C#N)c(CN(C(=O)OC(C)(C)C)C(=O)OC(C)(C)C)c1.COc1ccc(CN2CCOC(CO)C2=O)cc1. The average molecular weight is 641 g/mol. The van der Waals surface area contributed by atoms with E-state index in [1.54, 1.807) is 59.6 Å². The number of morpholine rings is 1. The summed E-state index contributed by atoms with van der Waals surface area (Å²) >= 11 is 0. The summed E-state index contributed by atoms with van der Waals surface area (Å²) in [5, 5.41) is 21.0. The maximum atomic E-state index is 12.6. The third kappa shape index (κ3) is 12.4. The van der Waals surface area contributed by atoms with E-state index in [9.17, 15) is 24.4 Å². The van der Waals surface area contributed by atoms with Crippen molar-refractivity contribution in [2.45, 2.75) is 78.9 Å². The lowest BCUT2D eigenvalue weighted by Crippen LogP contribution is -2.48. The van der Waals surface area contributed by atoms with Crippen LogP contribution in [0.2, 0.25) is 0 Å². The van der Waals surface area contributed by atoms with Crippen molar-refractivity contribution in [3.05, 3.63) is 59.2 Å². The van der Waals surface area contributed by atoms with Gasteiger partial charge in [0, 0.05) is 25.7 Å². The first-order chi connectivity index (χ1) is 21.5. The third-order valence-corrected chi connectivity index (χ3v) is 6.07. The van der Waals surface area contributed by atoms with Gasteiger partial charge in [-0.2, -0.15) is 5.26 Å². The van der Waals surface area contributed by atoms with E-state index in [1.807, 2.05) is 30.3 Å². The first-order valence-corrected chi connectivity index (χ1v) is 14.6. The Morgan fingerprint density at radius 3 is 2.11 bits per heavy atom. The van der Waals surface area contributed by atoms with E-state index in [4.69, 9.17) is 24.1 Å². The molecule has 2 aromatic carbocycles. The Balaban J connectivity index is 0.000000350. The van der Waals surface area contributed by atoms with Crippen LogP contribution >= 0.6 is 0 Å². The molecule has 0 radical (unpaired) electrons. The summed E-state index contributed by atoms with van der Waals surface area (Å²) in [6, 6.07) is 14.2. The minimum absolute atomic E-state index is 0.153. The predicted molar refractivity (Wildman–Crippen MR) is 169 cm³/mol. The van der Waals surface area contributed by atoms with Crippen LogP contribution in [0.4, 0.5) is 15.3 Å². The highest BCUT2D eigenvalue weighted by molar-refractivity contribution is 5.90. The summed E-state index contributed by atoms with van der Waals surface area (Å²) in [7, 11) is 1.62. The monoisotopic (exact) mass is 640 g/mol. The molecule has 13 heteroatoms. The summed E-state index contributed by atoms with van der Waals surface area (Å²) in [4.78, 5) is 50.9. The van der Waals surface area contributed by atoms with Crippen LogP contribution in [0.15, 0.2) is 42.5 Å². The standard InChI is InChI=1S/C20H27N3O5.C13H17NO4/c1-13(24)22-16-9-8-14(11-21)15(10-16)12-23(17(25)27-19(2,3)4)18(26)28-20(5,6)7;1-17-11-4-2-10(3-5-11)8-14-6-7-18-12(9-15)13(14)16/h8-10H,12H2,1-7H3,(H,22,24);2-5,12,15H,6-9H2,1H3. The van der Waals surface area contributed by atoms with Gasteiger partial charge in [0.15, 0.2) is 6.10 Å². The molecular weight excluding hydrogens is 596 g/mol. The number of carbonyl (C=O) groups excluding carboxylic acids is 4. The molecule has 0 aliphatic carbocycles. The van der Waals surface area contributed by atoms with Gasteiger partial charge in [-0.25, -0.2) is 14.5 Å². The molecule has 0 bridgehead atoms. The number of ether oxygens (including phenoxy) is 4. The first kappa shape index (κ1) is 37.5. The number of anilines is 1. The Hall–Kier alpha value is -4.67. The van der Waals surface area contributed by atoms with Gasteiger partial charge in [-0.3, -0.25) is 9.59 Å². The van der Waals surface area contributed by atoms with Crippen LogP contribution in [0.5, 0.6) is 5.75 Å². The van der Waals surface area contributed by atoms with E-state index >= 15 is 0 Å². The first-order valence-electron chi connectivity index (χ1n) is 14.6. The fraction of sp³-hybridized carbons (Fsp3) is 0.485. The van der Waals surface area contributed by atoms with Crippen molar-refractivity contribution in [2.24, 2.45) is 0 Å². The van der Waals surface area contributed by atoms with Gasteiger partial charge >= 0.3 is 12.2 Å². The van der Waals surface area contributed by atoms with Crippen molar-refractivity contribution in [1.82, 2.24) is 9.80 Å². The van der Waals surface area contributed by atoms with Gasteiger partial charge in [-0.05, 0) is 83.0 Å². The molecule has 2 N–H and O–H groups in total. The number of hydrogen-bond acceptors (Lipinski definition) is 10. The molecule has 13 nitrogen and oxygen atoms in total. The summed E-state index contributed by atoms with van der Waals surface area (Å²) in [5.41, 5.74) is 0.440. The third-order valence-electron chi connectivity index (χ3n) is 6.07. The maximum Gasteiger partial charge on any atom is 0.420 e. The van der Waals surface area contributed by atoms with E-state index in [-0.39, 0.29) is 30.5 Å². The lowest BCUT2D eigenvalue weighted by Gasteiger charge is -2.31. The summed E-state index contributed by atoms with van der Waals surface area (Å²) in [6.45, 7) is 12.5. The maximum absolute atomic E-state index is 12.6. The van der Waals surface area contributed by atoms with E-state index in [2.05, 4.69) is 5.32 Å². The number of imide groups is 1. The molecule has 1 aliphatic heterocycles. The number of benzene rings is 2. The van der Waals surface area contributed by atoms with Gasteiger partial charge < -0.3 is 34.3 Å². The highest BCUT2D eigenvalue weighted by atomic mass is 16.6. The molecule has 0 saturated carbocycles. The fourth-order valence-electron chi connectivity index (χ4n) is 4.05. The lowest BCUT2D eigenvalue weighted by molar-refractivity contribution is -0.156. The van der Waals surface area contributed by atoms with Crippen LogP contribution in [-0.4, -0.2) is 83.1 Å². The number of aliphatic hydroxyl groups excluding tert-OH is 1. The topological polar surface area (TPSA) is 168 Å². The zero-order valence-electron chi connectivity index (χ0n) is 27.7. The van der Waals surface area contributed by atoms with Gasteiger partial charge in [-0.1, -0.05) is 12.1 Å². The fourth-order valence-corrected chi connectivity index (χ4v) is 4.05. The Bertz CT molecular complexity index is 1380. The molecule has 2 aromatic rings. The molecule has 46 heavy (non-hydrogen) atoms. The van der Waals surface area contributed by atoms with Gasteiger partial charge in [0.2, 0.25) is 5.91 Å². The second kappa shape index (κ2) is 16.6. The molecule has 0 aromatic heterocycles. The van der Waals surface area contributed by atoms with E-state index in [1.165, 1.54) is 19.1 Å². The number of nitriles is 1. The molecular formula is C33H44N4O9. The van der Waals surface area contributed by atoms with E-state index in [0.29, 0.717) is 30.9 Å². The number of nitrogens with one attached hydrogen (secondary N) is 1. The highest BCUT2D eigenvalue weighted by Gasteiger charge is 2.32. The van der Waals surface area contributed by atoms with Crippen molar-refractivity contribution in [3.63, 3.8) is 0 Å². The molecule has 0 spiro atoms. The number of carbonyl (C=O) groups is 4. The molecule has 1 fully saturated rings. The van der Waals surface area contributed by atoms with E-state index < -0.39 is 29.5 Å². The number of aliphatic hydroxyl groups is 1. The van der Waals surface area contributed by atoms with Crippen molar-refractivity contribution in [2.75, 3.05) is 32.2 Å². The zero-order chi connectivity index (χ0) is 34.7. The van der Waals surface area contributed by atoms with Crippen LogP contribution in [-0.2, 0) is 36.9 Å². The second-order valence-corrected chi connectivity index (χ2v) is 12.4. The molecule has 4 amide bonds. The summed E-state index contributed by atoms with van der Waals surface area (Å²) < 4.78 is 20.9. The number of hydrogen-bond donors (Lipinski definition) is 2. The van der Waals surface area contributed by atoms with Crippen LogP contribution in [0, 0.1) is 11.3 Å². The van der Waals surface area contributed by atoms with Crippen molar-refractivity contribution in [3.8, 4) is 11.8 Å². The molecule has 1 aliphatic rings. The molecule has 1 unspecified atom stereocenters. The van der Waals surface area contributed by atoms with Gasteiger partial charge in [0.25, 0.3) is 5.91 Å². The quantitative estimate of drug-likeness (QED) is 0.436. The van der Waals surface area contributed by atoms with Crippen LogP contribution in [0.25, 0.3) is 0 Å². The second-order valence-electron chi connectivity index (χ2n) is 12.4. The predicted octanol–water partition coefficient (Wildman–Crippen LogP) is 4.60. The van der Waals surface area contributed by atoms with Crippen LogP contribution < -0.4 is 10.1 Å². The molecule has 1 heterocycles. The number of amides is 4. The highest BCUT2D eigenvalue weighted by Crippen LogP contribution is 2.22. The number of methoxy groups -OCH3 is 1. The van der Waals surface area contributed by atoms with Crippen LogP contribution in [0.1, 0.15) is 65.2 Å². The summed E-state index contributed by atoms with van der Waals surface area (Å²) in [5.74, 6) is 0.353. The van der Waals surface area contributed by atoms with Gasteiger partial charge in [0.05, 0.1) is 38.5 Å². The normalized spacial score (nSPS) is 14.7. The Kier molecular flexibility index (Phi) is 13.5. The Labute approximate surface area is 270 Å². The van der Waals surface area contributed by atoms with Crippen molar-refractivity contribution < 1.29 is 43.2 Å². The minimum atomic E-state index is -0.893. The van der Waals surface area contributed by atoms with Crippen LogP contribution in [0.3, 0.4) is 0 Å². The minimum Gasteiger partial charge on any atom is -0.497 e. The molecule has 1 atom stereocenters. The lowest BCUT2D eigenvalue weighted by atomic mass is 10.1. The van der Waals surface area contributed by atoms with E-state index in [0.717, 1.165) is 16.2 Å². The largest absolute Gasteiger partial charge is 0.497 e. The number of nitrogens with zero attached hydrogens (tertiary/aromatic N) is 3. The van der Waals surface area contributed by atoms with Crippen molar-refractivity contribution in [1.29, 1.82) is 5.26 Å². The zero-order valence-corrected chi connectivity index (χ0v) is 27.7. The molecule has 3 rings (SSSR count). The smallest absolute Gasteiger partial charge is 0.420 e. The van der Waals surface area contributed by atoms with Crippen molar-refractivity contribution >= 4 is 29.7 Å². The van der Waals surface area contributed by atoms with Gasteiger partial charge in [0.1, 0.15) is 17.0 Å². The average Bonchev–Trinajstić information content (AvgIpc) is 2.95. The molecule has 1 saturated heterocycles.